The van der Waals surface area contributed by atoms with Crippen molar-refractivity contribution in [1.29, 1.82) is 0 Å². The molecule has 2 unspecified atom stereocenters. The first-order chi connectivity index (χ1) is 39.1. The third-order valence-electron chi connectivity index (χ3n) is 21.2. The summed E-state index contributed by atoms with van der Waals surface area (Å²) in [4.78, 5) is 87.3. The lowest BCUT2D eigenvalue weighted by Crippen LogP contribution is -2.61. The largest absolute Gasteiger partial charge is 0.460 e. The zero-order valence-corrected chi connectivity index (χ0v) is 52.4. The third-order valence-corrected chi connectivity index (χ3v) is 21.2. The molecular formula is C66H101NO16. The minimum absolute atomic E-state index is 0.000672. The number of carbonyl (C=O) groups excluding carboxylic acids is 6. The van der Waals surface area contributed by atoms with Crippen molar-refractivity contribution in [2.24, 2.45) is 57.7 Å². The van der Waals surface area contributed by atoms with Crippen LogP contribution in [0.1, 0.15) is 172 Å². The summed E-state index contributed by atoms with van der Waals surface area (Å²) in [6.45, 7) is 21.8. The average Bonchev–Trinajstić information content (AvgIpc) is 1.65. The van der Waals surface area contributed by atoms with Crippen molar-refractivity contribution in [1.82, 2.24) is 4.90 Å². The van der Waals surface area contributed by atoms with Gasteiger partial charge in [0.15, 0.2) is 11.6 Å². The Hall–Kier alpha value is -3.94. The summed E-state index contributed by atoms with van der Waals surface area (Å²) in [5, 5.41) is 23.7. The summed E-state index contributed by atoms with van der Waals surface area (Å²) < 4.78 is 49.7. The van der Waals surface area contributed by atoms with E-state index in [9.17, 15) is 39.0 Å². The van der Waals surface area contributed by atoms with E-state index in [4.69, 9.17) is 37.9 Å². The summed E-state index contributed by atoms with van der Waals surface area (Å²) >= 11 is 0. The van der Waals surface area contributed by atoms with Crippen LogP contribution in [0.2, 0.25) is 0 Å². The molecule has 0 aromatic heterocycles. The monoisotopic (exact) mass is 1160 g/mol. The molecule has 0 aromatic rings. The Morgan fingerprint density at radius 2 is 1.53 bits per heavy atom. The zero-order chi connectivity index (χ0) is 61.0. The minimum atomic E-state index is -2.46. The standard InChI is InChI=1S/C66H101NO16/c1-39-20-16-15-17-21-40(2)52(76-12)34-48-25-23-45(7)66(75,83-48)58(71)59(72)67-29-19-18-22-49(67)60(73)81-53(35-50(68)41(3)31-44(6)56(70)57(78-14)55(69)43(5)30-39)42(4)32-46-24-26-51(54(33-46)77-13)82-61(74)63(10)37-79-65(80-38-63)36-47-27-28-64(65,11)62(47,8)9/h15-17,20-21,31,39,41-43,45-49,51-54,56-57,70,75H,18-19,22-30,32-38H2,1-14H3/b17-15+,20-16+,40-21+,44-31+/t39-,41-,42-,43-,45-,46+,47?,48+,49+,51-,52+,53+,54-,56-,57-,63?,64?,65?,66-/m1/s1. The van der Waals surface area contributed by atoms with Crippen LogP contribution in [0, 0.1) is 57.7 Å². The van der Waals surface area contributed by atoms with Gasteiger partial charge >= 0.3 is 11.9 Å². The van der Waals surface area contributed by atoms with Gasteiger partial charge in [-0.3, -0.25) is 24.0 Å². The summed E-state index contributed by atoms with van der Waals surface area (Å²) in [5.74, 6) is -9.01. The van der Waals surface area contributed by atoms with Crippen molar-refractivity contribution >= 4 is 35.2 Å². The third kappa shape index (κ3) is 14.1. The number of amides is 1. The number of aliphatic hydroxyl groups is 2. The highest BCUT2D eigenvalue weighted by molar-refractivity contribution is 6.39. The number of ketones is 3. The molecule has 3 saturated heterocycles. The Morgan fingerprint density at radius 1 is 0.819 bits per heavy atom. The lowest BCUT2D eigenvalue weighted by molar-refractivity contribution is -0.346. The highest BCUT2D eigenvalue weighted by atomic mass is 16.7. The van der Waals surface area contributed by atoms with Gasteiger partial charge in [0.2, 0.25) is 5.79 Å². The number of piperidine rings is 1. The number of carbonyl (C=O) groups is 6. The number of cyclic esters (lactones) is 1. The molecule has 4 aliphatic heterocycles. The van der Waals surface area contributed by atoms with E-state index < -0.39 is 113 Å². The Labute approximate surface area is 494 Å². The lowest BCUT2D eigenvalue weighted by atomic mass is 9.68. The fraction of sp³-hybridized carbons (Fsp3) is 0.788. The fourth-order valence-electron chi connectivity index (χ4n) is 14.9. The van der Waals surface area contributed by atoms with Crippen molar-refractivity contribution < 1.29 is 76.9 Å². The van der Waals surface area contributed by atoms with Gasteiger partial charge in [-0.25, -0.2) is 4.79 Å². The maximum absolute atomic E-state index is 14.7. The molecule has 4 bridgehead atoms. The van der Waals surface area contributed by atoms with E-state index in [-0.39, 0.29) is 66.8 Å². The van der Waals surface area contributed by atoms with Crippen molar-refractivity contribution in [2.45, 2.75) is 233 Å². The molecule has 1 spiro atoms. The van der Waals surface area contributed by atoms with Crippen molar-refractivity contribution in [3.8, 4) is 0 Å². The van der Waals surface area contributed by atoms with Gasteiger partial charge in [0.05, 0.1) is 31.5 Å². The van der Waals surface area contributed by atoms with Gasteiger partial charge < -0.3 is 53.0 Å². The number of methoxy groups -OCH3 is 3. The number of hydrogen-bond donors (Lipinski definition) is 2. The van der Waals surface area contributed by atoms with Crippen LogP contribution in [0.5, 0.6) is 0 Å². The van der Waals surface area contributed by atoms with Crippen LogP contribution in [0.15, 0.2) is 47.6 Å². The van der Waals surface area contributed by atoms with Crippen LogP contribution in [0.25, 0.3) is 0 Å². The maximum atomic E-state index is 14.7. The summed E-state index contributed by atoms with van der Waals surface area (Å²) in [6, 6.07) is -1.19. The molecule has 1 amide bonds. The molecule has 7 rings (SSSR count). The predicted octanol–water partition coefficient (Wildman–Crippen LogP) is 9.33. The number of fused-ring (bicyclic) bond motifs is 6. The van der Waals surface area contributed by atoms with E-state index in [1.54, 1.807) is 41.1 Å². The summed E-state index contributed by atoms with van der Waals surface area (Å²) in [6.07, 6.45) is 13.5. The second-order valence-electron chi connectivity index (χ2n) is 27.4. The topological polar surface area (TPSA) is 220 Å². The molecular weight excluding hydrogens is 1060 g/mol. The Kier molecular flexibility index (Phi) is 22.0. The molecule has 17 heteroatoms. The van der Waals surface area contributed by atoms with Crippen LogP contribution in [0.4, 0.5) is 0 Å². The van der Waals surface area contributed by atoms with Gasteiger partial charge in [-0.2, -0.15) is 0 Å². The van der Waals surface area contributed by atoms with Gasteiger partial charge in [-0.05, 0) is 138 Å². The second-order valence-corrected chi connectivity index (χ2v) is 27.4. The van der Waals surface area contributed by atoms with Crippen LogP contribution in [-0.2, 0) is 66.7 Å². The van der Waals surface area contributed by atoms with Gasteiger partial charge in [0.25, 0.3) is 11.7 Å². The molecule has 4 heterocycles. The SMILES string of the molecule is CO[C@H]1C[C@@H]2CC[C@@H](C)[C@@](O)(O2)C(=O)C(=O)N2CCCC[C@H]2C(=O)O[C@H]([C@H](C)C[C@@H]2CC[C@@H](OC(=O)C3(C)COC4(CC5CCC4(C)C5(C)C)OC3)[C@H](OC)C2)CC(=O)[C@H](C)/C=C(\C)[C@@H](O)[C@H](OC)C(=O)[C@H](C)C[C@H](C)/C=C/C=C/C=C/1C. The van der Waals surface area contributed by atoms with Crippen LogP contribution < -0.4 is 0 Å². The molecule has 17 nitrogen and oxygen atoms in total. The van der Waals surface area contributed by atoms with Crippen LogP contribution in [0.3, 0.4) is 0 Å². The first-order valence-corrected chi connectivity index (χ1v) is 31.1. The van der Waals surface area contributed by atoms with E-state index in [2.05, 4.69) is 20.8 Å². The number of allylic oxidation sites excluding steroid dienone is 6. The summed E-state index contributed by atoms with van der Waals surface area (Å²) in [5.41, 5.74) is 0.127. The van der Waals surface area contributed by atoms with E-state index in [1.807, 2.05) is 65.0 Å². The highest BCUT2D eigenvalue weighted by Crippen LogP contribution is 2.72. The van der Waals surface area contributed by atoms with E-state index in [1.165, 1.54) is 12.0 Å². The molecule has 3 aliphatic carbocycles. The Morgan fingerprint density at radius 3 is 2.17 bits per heavy atom. The zero-order valence-electron chi connectivity index (χ0n) is 52.4. The number of aliphatic hydroxyl groups excluding tert-OH is 1. The molecule has 0 radical (unpaired) electrons. The molecule has 2 N–H and O–H groups in total. The smallest absolute Gasteiger partial charge is 0.329 e. The number of ether oxygens (including phenoxy) is 8. The van der Waals surface area contributed by atoms with Crippen molar-refractivity contribution in [3.05, 3.63) is 47.6 Å². The number of esters is 2. The molecule has 17 atom stereocenters. The Bertz CT molecular complexity index is 2450. The number of hydrogen-bond acceptors (Lipinski definition) is 16. The van der Waals surface area contributed by atoms with E-state index in [0.29, 0.717) is 75.7 Å². The van der Waals surface area contributed by atoms with Crippen molar-refractivity contribution in [2.75, 3.05) is 41.1 Å². The summed E-state index contributed by atoms with van der Waals surface area (Å²) in [7, 11) is 4.56. The second kappa shape index (κ2) is 27.4. The molecule has 466 valence electrons. The van der Waals surface area contributed by atoms with Crippen LogP contribution in [-0.4, -0.2) is 152 Å². The average molecular weight is 1160 g/mol. The minimum Gasteiger partial charge on any atom is -0.460 e. The highest BCUT2D eigenvalue weighted by Gasteiger charge is 2.72. The number of rotatable bonds is 8. The van der Waals surface area contributed by atoms with E-state index in [0.717, 1.165) is 24.8 Å². The maximum Gasteiger partial charge on any atom is 0.329 e. The number of nitrogens with zero attached hydrogens (tertiary/aromatic N) is 1. The van der Waals surface area contributed by atoms with Crippen LogP contribution >= 0.6 is 0 Å². The molecule has 3 saturated carbocycles. The van der Waals surface area contributed by atoms with Crippen molar-refractivity contribution in [3.63, 3.8) is 0 Å². The lowest BCUT2D eigenvalue weighted by Gasteiger charge is -2.52. The van der Waals surface area contributed by atoms with E-state index >= 15 is 0 Å². The quantitative estimate of drug-likeness (QED) is 0.131. The fourth-order valence-corrected chi connectivity index (χ4v) is 14.9. The van der Waals surface area contributed by atoms with Gasteiger partial charge in [0, 0.05) is 70.3 Å². The molecule has 6 fully saturated rings. The molecule has 83 heavy (non-hydrogen) atoms. The number of Topliss-reactive ketones (excluding diaryl/α,β-unsaturated/α-hetero) is 3. The van der Waals surface area contributed by atoms with Gasteiger partial charge in [0.1, 0.15) is 41.7 Å². The normalized spacial score (nSPS) is 43.5. The van der Waals surface area contributed by atoms with Gasteiger partial charge in [-0.1, -0.05) is 91.8 Å². The molecule has 7 aliphatic rings. The predicted molar refractivity (Wildman–Crippen MR) is 311 cm³/mol. The first kappa shape index (κ1) is 66.6. The Balaban J connectivity index is 1.10. The molecule has 0 aromatic carbocycles. The van der Waals surface area contributed by atoms with Gasteiger partial charge in [-0.15, -0.1) is 0 Å². The first-order valence-electron chi connectivity index (χ1n) is 31.1.